The summed E-state index contributed by atoms with van der Waals surface area (Å²) >= 11 is 3.68. The second-order valence-electron chi connectivity index (χ2n) is 6.47. The van der Waals surface area contributed by atoms with E-state index in [2.05, 4.69) is 82.1 Å². The van der Waals surface area contributed by atoms with Crippen LogP contribution in [0.5, 0.6) is 0 Å². The predicted octanol–water partition coefficient (Wildman–Crippen LogP) is 5.02. The summed E-state index contributed by atoms with van der Waals surface area (Å²) in [6, 6.07) is 15.5. The number of allylic oxidation sites excluding steroid dienone is 1. The highest BCUT2D eigenvalue weighted by Gasteiger charge is 2.17. The second kappa shape index (κ2) is 8.00. The van der Waals surface area contributed by atoms with Crippen LogP contribution in [-0.4, -0.2) is 11.4 Å². The number of halogens is 1. The normalized spacial score (nSPS) is 14.2. The fraction of sp³-hybridized carbons (Fsp3) is 0.333. The molecule has 0 bridgehead atoms. The molecule has 0 saturated heterocycles. The lowest BCUT2D eigenvalue weighted by molar-refractivity contribution is 0.245. The van der Waals surface area contributed by atoms with E-state index >= 15 is 0 Å². The molecule has 1 heterocycles. The van der Waals surface area contributed by atoms with Crippen LogP contribution in [0.1, 0.15) is 35.6 Å². The average Bonchev–Trinajstić information content (AvgIpc) is 2.61. The Morgan fingerprint density at radius 3 is 2.67 bits per heavy atom. The largest absolute Gasteiger partial charge is 0.385 e. The van der Waals surface area contributed by atoms with E-state index < -0.39 is 0 Å². The molecule has 0 saturated carbocycles. The summed E-state index contributed by atoms with van der Waals surface area (Å²) in [5.41, 5.74) is 6.71. The Bertz CT molecular complexity index is 706. The summed E-state index contributed by atoms with van der Waals surface area (Å²) in [5, 5.41) is 3.36. The van der Waals surface area contributed by atoms with E-state index in [0.717, 1.165) is 44.7 Å². The Labute approximate surface area is 153 Å². The molecule has 0 radical (unpaired) electrons. The first-order valence-electron chi connectivity index (χ1n) is 8.64. The topological polar surface area (TPSA) is 15.3 Å². The van der Waals surface area contributed by atoms with Crippen molar-refractivity contribution in [2.45, 2.75) is 39.4 Å². The summed E-state index contributed by atoms with van der Waals surface area (Å²) < 4.78 is 1.25. The highest BCUT2D eigenvalue weighted by atomic mass is 79.9. The van der Waals surface area contributed by atoms with Crippen molar-refractivity contribution >= 4 is 15.9 Å². The molecular weight excluding hydrogens is 360 g/mol. The standard InChI is InChI=1S/C21H25BrN2/c1-3-16(2)23-13-17-7-9-18(10-8-17)14-24-12-11-20-19(15-24)5-4-6-21(20)22/h4-10,23H,2-3,11-15H2,1H3. The van der Waals surface area contributed by atoms with Gasteiger partial charge in [0.2, 0.25) is 0 Å². The van der Waals surface area contributed by atoms with Crippen LogP contribution in [0.15, 0.2) is 59.2 Å². The van der Waals surface area contributed by atoms with Crippen molar-refractivity contribution in [1.82, 2.24) is 10.2 Å². The van der Waals surface area contributed by atoms with E-state index in [4.69, 9.17) is 0 Å². The van der Waals surface area contributed by atoms with Crippen molar-refractivity contribution in [1.29, 1.82) is 0 Å². The smallest absolute Gasteiger partial charge is 0.0397 e. The minimum atomic E-state index is 0.859. The number of fused-ring (bicyclic) bond motifs is 1. The predicted molar refractivity (Wildman–Crippen MR) is 105 cm³/mol. The van der Waals surface area contributed by atoms with Crippen molar-refractivity contribution in [3.63, 3.8) is 0 Å². The molecule has 1 N–H and O–H groups in total. The Kier molecular flexibility index (Phi) is 5.75. The molecule has 3 heteroatoms. The van der Waals surface area contributed by atoms with Gasteiger partial charge < -0.3 is 5.32 Å². The first kappa shape index (κ1) is 17.2. The van der Waals surface area contributed by atoms with Crippen LogP contribution in [-0.2, 0) is 26.1 Å². The summed E-state index contributed by atoms with van der Waals surface area (Å²) in [7, 11) is 0. The number of benzene rings is 2. The molecule has 0 amide bonds. The van der Waals surface area contributed by atoms with Gasteiger partial charge in [-0.15, -0.1) is 0 Å². The van der Waals surface area contributed by atoms with Crippen LogP contribution in [0.4, 0.5) is 0 Å². The lowest BCUT2D eigenvalue weighted by atomic mass is 9.99. The highest BCUT2D eigenvalue weighted by molar-refractivity contribution is 9.10. The third-order valence-corrected chi connectivity index (χ3v) is 5.43. The Morgan fingerprint density at radius 1 is 1.17 bits per heavy atom. The number of hydrogen-bond acceptors (Lipinski definition) is 2. The monoisotopic (exact) mass is 384 g/mol. The molecule has 2 aromatic rings. The fourth-order valence-corrected chi connectivity index (χ4v) is 3.73. The Morgan fingerprint density at radius 2 is 1.92 bits per heavy atom. The van der Waals surface area contributed by atoms with Gasteiger partial charge in [0.1, 0.15) is 0 Å². The zero-order chi connectivity index (χ0) is 16.9. The van der Waals surface area contributed by atoms with E-state index in [0.29, 0.717) is 0 Å². The number of rotatable bonds is 6. The third kappa shape index (κ3) is 4.28. The molecule has 0 aliphatic carbocycles. The van der Waals surface area contributed by atoms with Crippen LogP contribution in [0.2, 0.25) is 0 Å². The SMILES string of the molecule is C=C(CC)NCc1ccc(CN2CCc3c(Br)cccc3C2)cc1. The molecule has 24 heavy (non-hydrogen) atoms. The van der Waals surface area contributed by atoms with Gasteiger partial charge in [-0.2, -0.15) is 0 Å². The van der Waals surface area contributed by atoms with Crippen molar-refractivity contribution in [2.24, 2.45) is 0 Å². The van der Waals surface area contributed by atoms with E-state index in [9.17, 15) is 0 Å². The second-order valence-corrected chi connectivity index (χ2v) is 7.32. The van der Waals surface area contributed by atoms with Gasteiger partial charge in [-0.1, -0.05) is 65.8 Å². The van der Waals surface area contributed by atoms with Crippen molar-refractivity contribution in [3.8, 4) is 0 Å². The fourth-order valence-electron chi connectivity index (χ4n) is 3.13. The molecule has 0 atom stereocenters. The van der Waals surface area contributed by atoms with Crippen molar-refractivity contribution < 1.29 is 0 Å². The first-order chi connectivity index (χ1) is 11.7. The first-order valence-corrected chi connectivity index (χ1v) is 9.43. The minimum absolute atomic E-state index is 0.859. The number of nitrogens with zero attached hydrogens (tertiary/aromatic N) is 1. The molecule has 2 aromatic carbocycles. The van der Waals surface area contributed by atoms with Gasteiger partial charge in [0.15, 0.2) is 0 Å². The van der Waals surface area contributed by atoms with Crippen LogP contribution in [0.25, 0.3) is 0 Å². The summed E-state index contributed by atoms with van der Waals surface area (Å²) in [6.45, 7) is 10.1. The Hall–Kier alpha value is -1.58. The third-order valence-electron chi connectivity index (χ3n) is 4.69. The molecule has 3 rings (SSSR count). The van der Waals surface area contributed by atoms with Crippen LogP contribution in [0, 0.1) is 0 Å². The quantitative estimate of drug-likeness (QED) is 0.751. The molecule has 126 valence electrons. The van der Waals surface area contributed by atoms with E-state index in [1.54, 1.807) is 0 Å². The Balaban J connectivity index is 1.58. The minimum Gasteiger partial charge on any atom is -0.385 e. The van der Waals surface area contributed by atoms with Crippen LogP contribution < -0.4 is 5.32 Å². The maximum absolute atomic E-state index is 3.99. The molecule has 0 spiro atoms. The van der Waals surface area contributed by atoms with Crippen molar-refractivity contribution in [2.75, 3.05) is 6.54 Å². The molecule has 2 nitrogen and oxygen atoms in total. The molecule has 0 aromatic heterocycles. The highest BCUT2D eigenvalue weighted by Crippen LogP contribution is 2.27. The van der Waals surface area contributed by atoms with Gasteiger partial charge in [-0.3, -0.25) is 4.90 Å². The van der Waals surface area contributed by atoms with E-state index in [-0.39, 0.29) is 0 Å². The van der Waals surface area contributed by atoms with Gasteiger partial charge >= 0.3 is 0 Å². The van der Waals surface area contributed by atoms with Gasteiger partial charge in [-0.05, 0) is 41.2 Å². The van der Waals surface area contributed by atoms with Crippen molar-refractivity contribution in [3.05, 3.63) is 81.5 Å². The van der Waals surface area contributed by atoms with Gasteiger partial charge in [0, 0.05) is 36.3 Å². The molecule has 1 aliphatic rings. The van der Waals surface area contributed by atoms with Crippen LogP contribution in [0.3, 0.4) is 0 Å². The van der Waals surface area contributed by atoms with Crippen LogP contribution >= 0.6 is 15.9 Å². The lowest BCUT2D eigenvalue weighted by Crippen LogP contribution is -2.30. The summed E-state index contributed by atoms with van der Waals surface area (Å²) in [4.78, 5) is 2.53. The van der Waals surface area contributed by atoms with Gasteiger partial charge in [0.05, 0.1) is 0 Å². The van der Waals surface area contributed by atoms with Gasteiger partial charge in [-0.25, -0.2) is 0 Å². The zero-order valence-corrected chi connectivity index (χ0v) is 15.9. The van der Waals surface area contributed by atoms with Gasteiger partial charge in [0.25, 0.3) is 0 Å². The number of nitrogens with one attached hydrogen (secondary N) is 1. The maximum atomic E-state index is 3.99. The molecule has 0 fully saturated rings. The van der Waals surface area contributed by atoms with E-state index in [1.807, 2.05) is 0 Å². The molecule has 0 unspecified atom stereocenters. The summed E-state index contributed by atoms with van der Waals surface area (Å²) in [5.74, 6) is 0. The lowest BCUT2D eigenvalue weighted by Gasteiger charge is -2.29. The molecular formula is C21H25BrN2. The summed E-state index contributed by atoms with van der Waals surface area (Å²) in [6.07, 6.45) is 2.10. The zero-order valence-electron chi connectivity index (χ0n) is 14.3. The van der Waals surface area contributed by atoms with E-state index in [1.165, 1.54) is 26.7 Å². The number of hydrogen-bond donors (Lipinski definition) is 1. The average molecular weight is 385 g/mol. The molecule has 1 aliphatic heterocycles. The maximum Gasteiger partial charge on any atom is 0.0397 e.